The second-order valence-corrected chi connectivity index (χ2v) is 6.04. The van der Waals surface area contributed by atoms with Crippen LogP contribution in [0.1, 0.15) is 21.6 Å². The van der Waals surface area contributed by atoms with Gasteiger partial charge in [-0.05, 0) is 42.0 Å². The molecule has 3 rings (SSSR count). The van der Waals surface area contributed by atoms with Crippen LogP contribution in [0.2, 0.25) is 0 Å². The zero-order valence-electron chi connectivity index (χ0n) is 16.4. The molecule has 1 aromatic heterocycles. The van der Waals surface area contributed by atoms with Gasteiger partial charge < -0.3 is 14.2 Å². The predicted molar refractivity (Wildman–Crippen MR) is 110 cm³/mol. The number of carbonyl (C=O) groups is 1. The third-order valence-electron chi connectivity index (χ3n) is 4.03. The SMILES string of the molecule is COc1cccc(OCc2cc(/C=N/NC(=O)c3ccc(=O)[nH]n3)ccc2OC)c1. The van der Waals surface area contributed by atoms with Gasteiger partial charge in [-0.25, -0.2) is 10.5 Å². The summed E-state index contributed by atoms with van der Waals surface area (Å²) in [5, 5.41) is 9.75. The molecule has 9 nitrogen and oxygen atoms in total. The summed E-state index contributed by atoms with van der Waals surface area (Å²) >= 11 is 0. The van der Waals surface area contributed by atoms with Gasteiger partial charge in [0.25, 0.3) is 11.5 Å². The van der Waals surface area contributed by atoms with Crippen molar-refractivity contribution in [2.45, 2.75) is 6.61 Å². The van der Waals surface area contributed by atoms with Gasteiger partial charge in [0, 0.05) is 17.7 Å². The lowest BCUT2D eigenvalue weighted by Crippen LogP contribution is -2.21. The van der Waals surface area contributed by atoms with E-state index in [4.69, 9.17) is 14.2 Å². The van der Waals surface area contributed by atoms with Crippen molar-refractivity contribution in [3.8, 4) is 17.2 Å². The lowest BCUT2D eigenvalue weighted by molar-refractivity contribution is 0.0949. The summed E-state index contributed by atoms with van der Waals surface area (Å²) in [6.45, 7) is 0.270. The molecule has 2 N–H and O–H groups in total. The first-order valence-corrected chi connectivity index (χ1v) is 8.92. The molecule has 0 radical (unpaired) electrons. The Morgan fingerprint density at radius 1 is 1.10 bits per heavy atom. The molecule has 154 valence electrons. The highest BCUT2D eigenvalue weighted by atomic mass is 16.5. The maximum absolute atomic E-state index is 12.0. The van der Waals surface area contributed by atoms with Gasteiger partial charge in [0.15, 0.2) is 5.69 Å². The van der Waals surface area contributed by atoms with Gasteiger partial charge in [0.2, 0.25) is 0 Å². The molecular weight excluding hydrogens is 388 g/mol. The molecule has 3 aromatic rings. The summed E-state index contributed by atoms with van der Waals surface area (Å²) in [5.41, 5.74) is 3.55. The van der Waals surface area contributed by atoms with E-state index < -0.39 is 11.5 Å². The Balaban J connectivity index is 1.67. The number of aromatic nitrogens is 2. The summed E-state index contributed by atoms with van der Waals surface area (Å²) < 4.78 is 16.4. The number of nitrogens with one attached hydrogen (secondary N) is 2. The van der Waals surface area contributed by atoms with E-state index in [1.54, 1.807) is 32.4 Å². The molecule has 1 amide bonds. The summed E-state index contributed by atoms with van der Waals surface area (Å²) in [6.07, 6.45) is 1.48. The molecular formula is C21H20N4O5. The van der Waals surface area contributed by atoms with Crippen molar-refractivity contribution in [2.75, 3.05) is 14.2 Å². The highest BCUT2D eigenvalue weighted by molar-refractivity contribution is 5.92. The molecule has 0 spiro atoms. The quantitative estimate of drug-likeness (QED) is 0.436. The van der Waals surface area contributed by atoms with Gasteiger partial charge in [0.1, 0.15) is 23.9 Å². The fraction of sp³-hybridized carbons (Fsp3) is 0.143. The second-order valence-electron chi connectivity index (χ2n) is 6.04. The van der Waals surface area contributed by atoms with Crippen molar-refractivity contribution in [2.24, 2.45) is 5.10 Å². The Morgan fingerprint density at radius 2 is 1.93 bits per heavy atom. The Labute approximate surface area is 172 Å². The van der Waals surface area contributed by atoms with Crippen molar-refractivity contribution in [3.63, 3.8) is 0 Å². The van der Waals surface area contributed by atoms with Crippen molar-refractivity contribution in [1.82, 2.24) is 15.6 Å². The smallest absolute Gasteiger partial charge is 0.291 e. The fourth-order valence-corrected chi connectivity index (χ4v) is 2.54. The van der Waals surface area contributed by atoms with Crippen molar-refractivity contribution in [3.05, 3.63) is 81.8 Å². The molecule has 0 aliphatic rings. The standard InChI is InChI=1S/C21H20N4O5/c1-28-16-4-3-5-17(11-16)30-13-15-10-14(6-8-19(15)29-2)12-22-25-21(27)18-7-9-20(26)24-23-18/h3-12H,13H2,1-2H3,(H,24,26)(H,25,27)/b22-12+. The van der Waals surface area contributed by atoms with Crippen LogP contribution in [-0.2, 0) is 6.61 Å². The second kappa shape index (κ2) is 9.87. The van der Waals surface area contributed by atoms with Gasteiger partial charge in [-0.2, -0.15) is 10.2 Å². The number of H-pyrrole nitrogens is 1. The number of aromatic amines is 1. The third-order valence-corrected chi connectivity index (χ3v) is 4.03. The number of hydrogen-bond acceptors (Lipinski definition) is 7. The lowest BCUT2D eigenvalue weighted by atomic mass is 10.1. The summed E-state index contributed by atoms with van der Waals surface area (Å²) in [4.78, 5) is 23.0. The maximum atomic E-state index is 12.0. The summed E-state index contributed by atoms with van der Waals surface area (Å²) in [6, 6.07) is 15.2. The normalized spacial score (nSPS) is 10.6. The summed E-state index contributed by atoms with van der Waals surface area (Å²) in [5.74, 6) is 1.48. The van der Waals surface area contributed by atoms with Gasteiger partial charge in [-0.15, -0.1) is 0 Å². The number of hydrazone groups is 1. The first-order valence-electron chi connectivity index (χ1n) is 8.92. The minimum Gasteiger partial charge on any atom is -0.497 e. The average Bonchev–Trinajstić information content (AvgIpc) is 2.78. The molecule has 30 heavy (non-hydrogen) atoms. The van der Waals surface area contributed by atoms with E-state index in [0.717, 1.165) is 11.1 Å². The van der Waals surface area contributed by atoms with Gasteiger partial charge in [-0.1, -0.05) is 6.07 Å². The minimum absolute atomic E-state index is 0.0499. The minimum atomic E-state index is -0.544. The Hall–Kier alpha value is -4.14. The number of ether oxygens (including phenoxy) is 3. The highest BCUT2D eigenvalue weighted by Gasteiger charge is 2.07. The van der Waals surface area contributed by atoms with Gasteiger partial charge in [0.05, 0.1) is 20.4 Å². The zero-order chi connectivity index (χ0) is 21.3. The van der Waals surface area contributed by atoms with Crippen molar-refractivity contribution >= 4 is 12.1 Å². The predicted octanol–water partition coefficient (Wildman–Crippen LogP) is 2.13. The zero-order valence-corrected chi connectivity index (χ0v) is 16.4. The van der Waals surface area contributed by atoms with E-state index in [2.05, 4.69) is 20.7 Å². The number of methoxy groups -OCH3 is 2. The van der Waals surface area contributed by atoms with Crippen LogP contribution in [0.15, 0.2) is 64.5 Å². The monoisotopic (exact) mass is 408 g/mol. The van der Waals surface area contributed by atoms with Crippen LogP contribution in [0.25, 0.3) is 0 Å². The molecule has 9 heteroatoms. The van der Waals surface area contributed by atoms with Gasteiger partial charge >= 0.3 is 0 Å². The van der Waals surface area contributed by atoms with Crippen LogP contribution >= 0.6 is 0 Å². The van der Waals surface area contributed by atoms with E-state index in [1.807, 2.05) is 24.3 Å². The van der Waals surface area contributed by atoms with Crippen LogP contribution in [0.4, 0.5) is 0 Å². The molecule has 0 atom stereocenters. The number of hydrogen-bond donors (Lipinski definition) is 2. The van der Waals surface area contributed by atoms with Crippen molar-refractivity contribution < 1.29 is 19.0 Å². The van der Waals surface area contributed by atoms with Crippen LogP contribution in [0, 0.1) is 0 Å². The highest BCUT2D eigenvalue weighted by Crippen LogP contribution is 2.24. The third kappa shape index (κ3) is 5.44. The summed E-state index contributed by atoms with van der Waals surface area (Å²) in [7, 11) is 3.17. The molecule has 0 fully saturated rings. The molecule has 1 heterocycles. The fourth-order valence-electron chi connectivity index (χ4n) is 2.54. The first-order chi connectivity index (χ1) is 14.6. The Morgan fingerprint density at radius 3 is 2.67 bits per heavy atom. The number of rotatable bonds is 8. The number of benzene rings is 2. The van der Waals surface area contributed by atoms with E-state index in [1.165, 1.54) is 18.3 Å². The lowest BCUT2D eigenvalue weighted by Gasteiger charge is -2.12. The molecule has 0 aliphatic heterocycles. The Kier molecular flexibility index (Phi) is 6.78. The number of nitrogens with zero attached hydrogens (tertiary/aromatic N) is 2. The molecule has 2 aromatic carbocycles. The topological polar surface area (TPSA) is 115 Å². The van der Waals surface area contributed by atoms with E-state index in [-0.39, 0.29) is 12.3 Å². The van der Waals surface area contributed by atoms with E-state index in [9.17, 15) is 9.59 Å². The maximum Gasteiger partial charge on any atom is 0.291 e. The van der Waals surface area contributed by atoms with E-state index in [0.29, 0.717) is 17.2 Å². The molecule has 0 unspecified atom stereocenters. The molecule has 0 saturated heterocycles. The van der Waals surface area contributed by atoms with Crippen molar-refractivity contribution in [1.29, 1.82) is 0 Å². The van der Waals surface area contributed by atoms with Crippen LogP contribution < -0.4 is 25.2 Å². The average molecular weight is 408 g/mol. The van der Waals surface area contributed by atoms with Crippen LogP contribution in [0.3, 0.4) is 0 Å². The molecule has 0 aliphatic carbocycles. The first kappa shape index (κ1) is 20.6. The number of carbonyl (C=O) groups excluding carboxylic acids is 1. The Bertz CT molecular complexity index is 1090. The number of amides is 1. The van der Waals surface area contributed by atoms with Crippen LogP contribution in [0.5, 0.6) is 17.2 Å². The molecule has 0 bridgehead atoms. The van der Waals surface area contributed by atoms with Gasteiger partial charge in [-0.3, -0.25) is 9.59 Å². The van der Waals surface area contributed by atoms with Crippen LogP contribution in [-0.4, -0.2) is 36.5 Å². The van der Waals surface area contributed by atoms with E-state index >= 15 is 0 Å². The largest absolute Gasteiger partial charge is 0.497 e. The molecule has 0 saturated carbocycles.